The van der Waals surface area contributed by atoms with Gasteiger partial charge in [-0.2, -0.15) is 4.31 Å². The fourth-order valence-electron chi connectivity index (χ4n) is 3.86. The molecule has 0 saturated carbocycles. The molecule has 0 spiro atoms. The maximum atomic E-state index is 14.0. The van der Waals surface area contributed by atoms with E-state index < -0.39 is 26.7 Å². The zero-order chi connectivity index (χ0) is 29.7. The van der Waals surface area contributed by atoms with Gasteiger partial charge in [0.05, 0.1) is 17.6 Å². The van der Waals surface area contributed by atoms with Crippen LogP contribution < -0.4 is 0 Å². The first-order chi connectivity index (χ1) is 17.1. The van der Waals surface area contributed by atoms with Crippen LogP contribution in [0.1, 0.15) is 93.2 Å². The molecule has 220 valence electrons. The molecule has 0 amide bonds. The Kier molecular flexibility index (Phi) is 12.2. The van der Waals surface area contributed by atoms with Crippen LogP contribution in [-0.2, 0) is 23.7 Å². The fourth-order valence-corrected chi connectivity index (χ4v) is 8.11. The van der Waals surface area contributed by atoms with Crippen molar-refractivity contribution in [3.05, 3.63) is 29.8 Å². The van der Waals surface area contributed by atoms with E-state index in [0.29, 0.717) is 25.9 Å². The van der Waals surface area contributed by atoms with Gasteiger partial charge in [0, 0.05) is 18.5 Å². The van der Waals surface area contributed by atoms with Gasteiger partial charge in [0.1, 0.15) is 6.29 Å². The number of nitrogens with zero attached hydrogens (tertiary/aromatic N) is 1. The van der Waals surface area contributed by atoms with Gasteiger partial charge in [-0.25, -0.2) is 8.42 Å². The van der Waals surface area contributed by atoms with E-state index in [1.807, 2.05) is 32.9 Å². The van der Waals surface area contributed by atoms with Gasteiger partial charge in [-0.05, 0) is 87.6 Å². The summed E-state index contributed by atoms with van der Waals surface area (Å²) in [5.74, 6) is 0. The molecule has 2 atom stereocenters. The second kappa shape index (κ2) is 13.2. The standard InChI is InChI=1S/C29H55NO5SSi2/c1-23(2)30(26(16-14-15-21-31)22-34-37(10,11)28(4,5)6)36(32,33)27-19-17-25(18-20-27)24(3)35-38(12,13)29(7,8)9/h17-21,23-24,26H,14-16,22H2,1-13H3/t24?,26-/m0/s1. The summed E-state index contributed by atoms with van der Waals surface area (Å²) in [6.45, 7) is 28.1. The van der Waals surface area contributed by atoms with Crippen LogP contribution in [0, 0.1) is 0 Å². The summed E-state index contributed by atoms with van der Waals surface area (Å²) in [4.78, 5) is 11.3. The Hall–Kier alpha value is -0.846. The topological polar surface area (TPSA) is 72.9 Å². The predicted molar refractivity (Wildman–Crippen MR) is 164 cm³/mol. The van der Waals surface area contributed by atoms with Crippen LogP contribution in [0.25, 0.3) is 0 Å². The van der Waals surface area contributed by atoms with Crippen LogP contribution >= 0.6 is 0 Å². The summed E-state index contributed by atoms with van der Waals surface area (Å²) in [6.07, 6.45) is 2.37. The average molecular weight is 586 g/mol. The number of hydrogen-bond donors (Lipinski definition) is 0. The SMILES string of the molecule is CC(O[Si](C)(C)C(C)(C)C)c1ccc(S(=O)(=O)N(C(C)C)[C@@H](CCCC=O)CO[Si](C)(C)C(C)(C)C)cc1. The molecule has 0 aliphatic rings. The van der Waals surface area contributed by atoms with Crippen molar-refractivity contribution in [2.75, 3.05) is 6.61 Å². The molecule has 0 aromatic heterocycles. The normalized spacial score (nSPS) is 15.7. The van der Waals surface area contributed by atoms with Crippen molar-refractivity contribution < 1.29 is 22.1 Å². The summed E-state index contributed by atoms with van der Waals surface area (Å²) in [7, 11) is -7.85. The van der Waals surface area contributed by atoms with E-state index in [-0.39, 0.29) is 33.2 Å². The molecule has 0 aliphatic heterocycles. The second-order valence-corrected chi connectivity index (χ2v) is 25.2. The maximum Gasteiger partial charge on any atom is 0.243 e. The van der Waals surface area contributed by atoms with Gasteiger partial charge in [-0.1, -0.05) is 53.7 Å². The molecule has 1 unspecified atom stereocenters. The maximum absolute atomic E-state index is 14.0. The van der Waals surface area contributed by atoms with E-state index in [4.69, 9.17) is 8.85 Å². The molecular weight excluding hydrogens is 531 g/mol. The van der Waals surface area contributed by atoms with Crippen LogP contribution in [0.15, 0.2) is 29.2 Å². The van der Waals surface area contributed by atoms with Gasteiger partial charge in [-0.15, -0.1) is 0 Å². The minimum atomic E-state index is -3.79. The van der Waals surface area contributed by atoms with Crippen LogP contribution in [0.3, 0.4) is 0 Å². The first-order valence-electron chi connectivity index (χ1n) is 14.0. The van der Waals surface area contributed by atoms with Crippen molar-refractivity contribution >= 4 is 32.9 Å². The molecule has 1 aromatic carbocycles. The molecule has 6 nitrogen and oxygen atoms in total. The quantitative estimate of drug-likeness (QED) is 0.126. The van der Waals surface area contributed by atoms with Crippen LogP contribution in [-0.4, -0.2) is 54.3 Å². The van der Waals surface area contributed by atoms with Crippen molar-refractivity contribution in [1.82, 2.24) is 4.31 Å². The monoisotopic (exact) mass is 585 g/mol. The molecule has 9 heteroatoms. The Morgan fingerprint density at radius 3 is 1.82 bits per heavy atom. The highest BCUT2D eigenvalue weighted by molar-refractivity contribution is 7.89. The van der Waals surface area contributed by atoms with E-state index in [9.17, 15) is 13.2 Å². The Bertz CT molecular complexity index is 993. The van der Waals surface area contributed by atoms with E-state index in [2.05, 4.69) is 67.7 Å². The molecule has 0 radical (unpaired) electrons. The lowest BCUT2D eigenvalue weighted by Gasteiger charge is -2.40. The zero-order valence-corrected chi connectivity index (χ0v) is 29.2. The van der Waals surface area contributed by atoms with Gasteiger partial charge >= 0.3 is 0 Å². The summed E-state index contributed by atoms with van der Waals surface area (Å²) in [5, 5.41) is 0.106. The minimum absolute atomic E-state index is 0.0148. The van der Waals surface area contributed by atoms with Gasteiger partial charge in [-0.3, -0.25) is 0 Å². The van der Waals surface area contributed by atoms with Crippen LogP contribution in [0.2, 0.25) is 36.3 Å². The largest absolute Gasteiger partial charge is 0.415 e. The van der Waals surface area contributed by atoms with Crippen molar-refractivity contribution in [2.45, 2.75) is 141 Å². The third-order valence-electron chi connectivity index (χ3n) is 8.37. The van der Waals surface area contributed by atoms with Crippen LogP contribution in [0.4, 0.5) is 0 Å². The molecule has 0 N–H and O–H groups in total. The van der Waals surface area contributed by atoms with Gasteiger partial charge in [0.2, 0.25) is 10.0 Å². The third-order valence-corrected chi connectivity index (χ3v) is 19.6. The highest BCUT2D eigenvalue weighted by Crippen LogP contribution is 2.40. The molecular formula is C29H55NO5SSi2. The fraction of sp³-hybridized carbons (Fsp3) is 0.759. The summed E-state index contributed by atoms with van der Waals surface area (Å²) in [6, 6.07) is 6.53. The Labute approximate surface area is 236 Å². The van der Waals surface area contributed by atoms with Gasteiger partial charge in [0.25, 0.3) is 0 Å². The Balaban J connectivity index is 3.30. The number of sulfonamides is 1. The van der Waals surface area contributed by atoms with Crippen LogP contribution in [0.5, 0.6) is 0 Å². The predicted octanol–water partition coefficient (Wildman–Crippen LogP) is 7.93. The molecule has 38 heavy (non-hydrogen) atoms. The lowest BCUT2D eigenvalue weighted by molar-refractivity contribution is -0.108. The Morgan fingerprint density at radius 1 is 0.895 bits per heavy atom. The van der Waals surface area contributed by atoms with E-state index in [1.54, 1.807) is 16.4 Å². The second-order valence-electron chi connectivity index (χ2n) is 13.8. The van der Waals surface area contributed by atoms with Gasteiger partial charge in [0.15, 0.2) is 16.6 Å². The molecule has 0 aliphatic carbocycles. The van der Waals surface area contributed by atoms with E-state index >= 15 is 0 Å². The smallest absolute Gasteiger partial charge is 0.243 e. The molecule has 0 fully saturated rings. The van der Waals surface area contributed by atoms with Gasteiger partial charge < -0.3 is 13.6 Å². The van der Waals surface area contributed by atoms with Crippen molar-refractivity contribution in [1.29, 1.82) is 0 Å². The first kappa shape index (κ1) is 35.2. The molecule has 0 heterocycles. The van der Waals surface area contributed by atoms with E-state index in [1.165, 1.54) is 0 Å². The number of rotatable bonds is 14. The van der Waals surface area contributed by atoms with Crippen molar-refractivity contribution in [3.63, 3.8) is 0 Å². The lowest BCUT2D eigenvalue weighted by Crippen LogP contribution is -2.50. The average Bonchev–Trinajstić information content (AvgIpc) is 2.75. The van der Waals surface area contributed by atoms with Crippen molar-refractivity contribution in [3.8, 4) is 0 Å². The molecule has 0 bridgehead atoms. The summed E-state index contributed by atoms with van der Waals surface area (Å²) < 4.78 is 42.6. The highest BCUT2D eigenvalue weighted by atomic mass is 32.2. The molecule has 1 aromatic rings. The van der Waals surface area contributed by atoms with E-state index in [0.717, 1.165) is 11.8 Å². The van der Waals surface area contributed by atoms with Crippen molar-refractivity contribution in [2.24, 2.45) is 0 Å². The Morgan fingerprint density at radius 2 is 1.39 bits per heavy atom. The number of carbonyl (C=O) groups excluding carboxylic acids is 1. The zero-order valence-electron chi connectivity index (χ0n) is 26.3. The highest BCUT2D eigenvalue weighted by Gasteiger charge is 2.41. The summed E-state index contributed by atoms with van der Waals surface area (Å²) in [5.41, 5.74) is 0.966. The number of carbonyl (C=O) groups is 1. The number of benzene rings is 1. The number of hydrogen-bond acceptors (Lipinski definition) is 5. The summed E-state index contributed by atoms with van der Waals surface area (Å²) >= 11 is 0. The number of aldehydes is 1. The minimum Gasteiger partial charge on any atom is -0.415 e. The first-order valence-corrected chi connectivity index (χ1v) is 21.2. The molecule has 1 rings (SSSR count). The number of unbranched alkanes of at least 4 members (excludes halogenated alkanes) is 1. The molecule has 0 saturated heterocycles. The third kappa shape index (κ3) is 9.09. The lowest BCUT2D eigenvalue weighted by atomic mass is 10.1.